The standard InChI is InChI=1S/C18H20N2O/c21-18(20-11-4-5-12-20)17(16-8-2-1-3-9-16)13-15-7-6-10-19-14-15/h1-3,6-10,14,17H,4-5,11-13H2. The normalized spacial score (nSPS) is 15.9. The van der Waals surface area contributed by atoms with Crippen molar-refractivity contribution in [2.45, 2.75) is 25.2 Å². The summed E-state index contributed by atoms with van der Waals surface area (Å²) in [6, 6.07) is 14.1. The zero-order chi connectivity index (χ0) is 14.5. The first-order valence-electron chi connectivity index (χ1n) is 7.57. The summed E-state index contributed by atoms with van der Waals surface area (Å²) < 4.78 is 0. The number of hydrogen-bond donors (Lipinski definition) is 0. The fourth-order valence-electron chi connectivity index (χ4n) is 2.95. The minimum absolute atomic E-state index is 0.103. The van der Waals surface area contributed by atoms with Crippen LogP contribution in [0.5, 0.6) is 0 Å². The summed E-state index contributed by atoms with van der Waals surface area (Å²) in [7, 11) is 0. The minimum atomic E-state index is -0.103. The smallest absolute Gasteiger partial charge is 0.230 e. The predicted molar refractivity (Wildman–Crippen MR) is 82.9 cm³/mol. The number of carbonyl (C=O) groups is 1. The van der Waals surface area contributed by atoms with Crippen LogP contribution in [-0.2, 0) is 11.2 Å². The van der Waals surface area contributed by atoms with E-state index >= 15 is 0 Å². The highest BCUT2D eigenvalue weighted by Gasteiger charge is 2.27. The third-order valence-corrected chi connectivity index (χ3v) is 4.08. The molecule has 2 aromatic rings. The molecule has 1 aromatic carbocycles. The Balaban J connectivity index is 1.85. The van der Waals surface area contributed by atoms with Crippen molar-refractivity contribution in [2.75, 3.05) is 13.1 Å². The first kappa shape index (κ1) is 13.8. The fraction of sp³-hybridized carbons (Fsp3) is 0.333. The van der Waals surface area contributed by atoms with E-state index in [0.717, 1.165) is 37.1 Å². The van der Waals surface area contributed by atoms with Crippen LogP contribution in [0.3, 0.4) is 0 Å². The number of amides is 1. The van der Waals surface area contributed by atoms with Gasteiger partial charge in [0, 0.05) is 25.5 Å². The molecule has 1 saturated heterocycles. The van der Waals surface area contributed by atoms with Crippen LogP contribution in [0.25, 0.3) is 0 Å². The molecule has 1 aliphatic rings. The zero-order valence-electron chi connectivity index (χ0n) is 12.1. The quantitative estimate of drug-likeness (QED) is 0.862. The maximum Gasteiger partial charge on any atom is 0.230 e. The number of hydrogen-bond acceptors (Lipinski definition) is 2. The molecule has 0 radical (unpaired) electrons. The lowest BCUT2D eigenvalue weighted by Gasteiger charge is -2.23. The molecule has 3 rings (SSSR count). The second-order valence-electron chi connectivity index (χ2n) is 5.56. The van der Waals surface area contributed by atoms with Crippen LogP contribution in [0.15, 0.2) is 54.9 Å². The van der Waals surface area contributed by atoms with Crippen molar-refractivity contribution in [3.8, 4) is 0 Å². The third-order valence-electron chi connectivity index (χ3n) is 4.08. The molecule has 1 unspecified atom stereocenters. The van der Waals surface area contributed by atoms with Crippen molar-refractivity contribution in [3.05, 3.63) is 66.0 Å². The summed E-state index contributed by atoms with van der Waals surface area (Å²) in [5.41, 5.74) is 2.21. The lowest BCUT2D eigenvalue weighted by Crippen LogP contribution is -2.33. The summed E-state index contributed by atoms with van der Waals surface area (Å²) in [5, 5.41) is 0. The number of nitrogens with zero attached hydrogens (tertiary/aromatic N) is 2. The highest BCUT2D eigenvalue weighted by Crippen LogP contribution is 2.25. The van der Waals surface area contributed by atoms with Crippen LogP contribution in [-0.4, -0.2) is 28.9 Å². The van der Waals surface area contributed by atoms with Gasteiger partial charge in [-0.25, -0.2) is 0 Å². The van der Waals surface area contributed by atoms with Gasteiger partial charge in [0.25, 0.3) is 0 Å². The molecule has 0 spiro atoms. The molecule has 1 amide bonds. The topological polar surface area (TPSA) is 33.2 Å². The van der Waals surface area contributed by atoms with Crippen molar-refractivity contribution in [1.82, 2.24) is 9.88 Å². The average Bonchev–Trinajstić information content (AvgIpc) is 3.08. The van der Waals surface area contributed by atoms with Crippen LogP contribution in [0, 0.1) is 0 Å². The Morgan fingerprint density at radius 3 is 2.52 bits per heavy atom. The molecule has 1 aliphatic heterocycles. The van der Waals surface area contributed by atoms with Crippen LogP contribution >= 0.6 is 0 Å². The van der Waals surface area contributed by atoms with E-state index in [1.165, 1.54) is 0 Å². The number of pyridine rings is 1. The van der Waals surface area contributed by atoms with Gasteiger partial charge in [-0.1, -0.05) is 36.4 Å². The molecular formula is C18H20N2O. The SMILES string of the molecule is O=C(C(Cc1cccnc1)c1ccccc1)N1CCCC1. The van der Waals surface area contributed by atoms with E-state index in [1.54, 1.807) is 6.20 Å². The van der Waals surface area contributed by atoms with Gasteiger partial charge in [-0.05, 0) is 36.5 Å². The zero-order valence-corrected chi connectivity index (χ0v) is 12.1. The van der Waals surface area contributed by atoms with Gasteiger partial charge in [-0.15, -0.1) is 0 Å². The molecule has 0 saturated carbocycles. The molecule has 1 fully saturated rings. The van der Waals surface area contributed by atoms with E-state index in [9.17, 15) is 4.79 Å². The second kappa shape index (κ2) is 6.53. The number of likely N-dealkylation sites (tertiary alicyclic amines) is 1. The molecule has 1 atom stereocenters. The fourth-order valence-corrected chi connectivity index (χ4v) is 2.95. The molecule has 108 valence electrons. The Morgan fingerprint density at radius 2 is 1.86 bits per heavy atom. The van der Waals surface area contributed by atoms with Crippen molar-refractivity contribution in [3.63, 3.8) is 0 Å². The van der Waals surface area contributed by atoms with Gasteiger partial charge in [0.15, 0.2) is 0 Å². The number of rotatable bonds is 4. The molecular weight excluding hydrogens is 260 g/mol. The van der Waals surface area contributed by atoms with Gasteiger partial charge in [-0.3, -0.25) is 9.78 Å². The Kier molecular flexibility index (Phi) is 4.29. The van der Waals surface area contributed by atoms with E-state index in [2.05, 4.69) is 17.1 Å². The minimum Gasteiger partial charge on any atom is -0.342 e. The molecule has 3 nitrogen and oxygen atoms in total. The molecule has 0 N–H and O–H groups in total. The van der Waals surface area contributed by atoms with Crippen LogP contribution in [0.4, 0.5) is 0 Å². The summed E-state index contributed by atoms with van der Waals surface area (Å²) in [4.78, 5) is 19.0. The first-order valence-corrected chi connectivity index (χ1v) is 7.57. The summed E-state index contributed by atoms with van der Waals surface area (Å²) >= 11 is 0. The second-order valence-corrected chi connectivity index (χ2v) is 5.56. The summed E-state index contributed by atoms with van der Waals surface area (Å²) in [6.45, 7) is 1.80. The van der Waals surface area contributed by atoms with Gasteiger partial charge >= 0.3 is 0 Å². The lowest BCUT2D eigenvalue weighted by molar-refractivity contribution is -0.131. The molecule has 1 aromatic heterocycles. The monoisotopic (exact) mass is 280 g/mol. The molecule has 21 heavy (non-hydrogen) atoms. The van der Waals surface area contributed by atoms with E-state index in [1.807, 2.05) is 41.4 Å². The predicted octanol–water partition coefficient (Wildman–Crippen LogP) is 3.03. The van der Waals surface area contributed by atoms with Gasteiger partial charge in [0.05, 0.1) is 5.92 Å². The van der Waals surface area contributed by atoms with E-state index < -0.39 is 0 Å². The van der Waals surface area contributed by atoms with Crippen molar-refractivity contribution >= 4 is 5.91 Å². The van der Waals surface area contributed by atoms with Crippen LogP contribution in [0.1, 0.15) is 29.9 Å². The Morgan fingerprint density at radius 1 is 1.10 bits per heavy atom. The van der Waals surface area contributed by atoms with E-state index in [-0.39, 0.29) is 11.8 Å². The van der Waals surface area contributed by atoms with Crippen molar-refractivity contribution in [2.24, 2.45) is 0 Å². The van der Waals surface area contributed by atoms with E-state index in [0.29, 0.717) is 6.42 Å². The van der Waals surface area contributed by atoms with Gasteiger partial charge < -0.3 is 4.90 Å². The molecule has 0 aliphatic carbocycles. The largest absolute Gasteiger partial charge is 0.342 e. The Bertz CT molecular complexity index is 577. The van der Waals surface area contributed by atoms with Crippen molar-refractivity contribution < 1.29 is 4.79 Å². The van der Waals surface area contributed by atoms with Gasteiger partial charge in [0.2, 0.25) is 5.91 Å². The van der Waals surface area contributed by atoms with Crippen LogP contribution < -0.4 is 0 Å². The highest BCUT2D eigenvalue weighted by atomic mass is 16.2. The maximum atomic E-state index is 12.9. The maximum absolute atomic E-state index is 12.9. The summed E-state index contributed by atoms with van der Waals surface area (Å²) in [6.07, 6.45) is 6.59. The van der Waals surface area contributed by atoms with Gasteiger partial charge in [0.1, 0.15) is 0 Å². The van der Waals surface area contributed by atoms with Gasteiger partial charge in [-0.2, -0.15) is 0 Å². The Labute approximate surface area is 125 Å². The van der Waals surface area contributed by atoms with Crippen LogP contribution in [0.2, 0.25) is 0 Å². The first-order chi connectivity index (χ1) is 10.3. The molecule has 2 heterocycles. The average molecular weight is 280 g/mol. The number of benzene rings is 1. The molecule has 0 bridgehead atoms. The molecule has 3 heteroatoms. The highest BCUT2D eigenvalue weighted by molar-refractivity contribution is 5.84. The Hall–Kier alpha value is -2.16. The lowest BCUT2D eigenvalue weighted by atomic mass is 9.91. The number of carbonyl (C=O) groups excluding carboxylic acids is 1. The third kappa shape index (κ3) is 3.30. The van der Waals surface area contributed by atoms with E-state index in [4.69, 9.17) is 0 Å². The van der Waals surface area contributed by atoms with Crippen molar-refractivity contribution in [1.29, 1.82) is 0 Å². The summed E-state index contributed by atoms with van der Waals surface area (Å²) in [5.74, 6) is 0.149. The number of aromatic nitrogens is 1.